The second-order valence-corrected chi connectivity index (χ2v) is 11.8. The lowest BCUT2D eigenvalue weighted by Crippen LogP contribution is -2.17. The predicted molar refractivity (Wildman–Crippen MR) is 121 cm³/mol. The van der Waals surface area contributed by atoms with E-state index in [-0.39, 0.29) is 10.8 Å². The molecule has 0 amide bonds. The molecule has 1 N–H and O–H groups in total. The van der Waals surface area contributed by atoms with E-state index in [1.54, 1.807) is 11.8 Å². The predicted octanol–water partition coefficient (Wildman–Crippen LogP) is 7.34. The molecular weight excluding hydrogens is 364 g/mol. The minimum absolute atomic E-state index is 0.0178. The molecule has 0 bridgehead atoms. The van der Waals surface area contributed by atoms with Gasteiger partial charge in [0.2, 0.25) is 0 Å². The number of thioether (sulfide) groups is 2. The van der Waals surface area contributed by atoms with E-state index in [9.17, 15) is 5.11 Å². The van der Waals surface area contributed by atoms with Crippen LogP contribution >= 0.6 is 35.7 Å². The Kier molecular flexibility index (Phi) is 7.67. The summed E-state index contributed by atoms with van der Waals surface area (Å²) >= 11 is 8.75. The summed E-state index contributed by atoms with van der Waals surface area (Å²) in [7, 11) is 0. The summed E-state index contributed by atoms with van der Waals surface area (Å²) in [6.07, 6.45) is 0. The average molecular weight is 397 g/mol. The standard InChI is InChI=1S/C15H24O.C6H8S3/c1-10-8-11(14(2,3)4)13(16)12(9-10)15(5,6)7;1-4-5(2)8-3-9-6(4)7/h8-9,16H,1-7H3;3H2,1-2H3. The van der Waals surface area contributed by atoms with E-state index in [0.29, 0.717) is 5.75 Å². The Balaban J connectivity index is 0.000000293. The first-order chi connectivity index (χ1) is 11.2. The lowest BCUT2D eigenvalue weighted by molar-refractivity contribution is 0.423. The lowest BCUT2D eigenvalue weighted by atomic mass is 9.78. The molecule has 140 valence electrons. The number of allylic oxidation sites excluding steroid dienone is 1. The van der Waals surface area contributed by atoms with Crippen LogP contribution in [0.1, 0.15) is 72.1 Å². The largest absolute Gasteiger partial charge is 0.507 e. The molecular formula is C21H32OS3. The van der Waals surface area contributed by atoms with Crippen molar-refractivity contribution in [2.24, 2.45) is 0 Å². The van der Waals surface area contributed by atoms with Gasteiger partial charge in [0, 0.05) is 5.08 Å². The summed E-state index contributed by atoms with van der Waals surface area (Å²) in [6.45, 7) is 19.1. The van der Waals surface area contributed by atoms with Crippen molar-refractivity contribution in [2.75, 3.05) is 5.08 Å². The van der Waals surface area contributed by atoms with Gasteiger partial charge in [0.1, 0.15) is 5.75 Å². The molecule has 4 heteroatoms. The minimum atomic E-state index is -0.0178. The molecule has 0 atom stereocenters. The van der Waals surface area contributed by atoms with Crippen molar-refractivity contribution in [3.8, 4) is 5.75 Å². The zero-order valence-corrected chi connectivity index (χ0v) is 19.5. The van der Waals surface area contributed by atoms with Crippen LogP contribution in [-0.4, -0.2) is 14.4 Å². The van der Waals surface area contributed by atoms with E-state index in [4.69, 9.17) is 12.2 Å². The third kappa shape index (κ3) is 6.33. The van der Waals surface area contributed by atoms with Crippen molar-refractivity contribution >= 4 is 39.9 Å². The Labute approximate surface area is 168 Å². The van der Waals surface area contributed by atoms with Crippen molar-refractivity contribution < 1.29 is 5.11 Å². The van der Waals surface area contributed by atoms with Crippen LogP contribution in [0, 0.1) is 6.92 Å². The smallest absolute Gasteiger partial charge is 0.123 e. The summed E-state index contributed by atoms with van der Waals surface area (Å²) in [5.41, 5.74) is 4.56. The summed E-state index contributed by atoms with van der Waals surface area (Å²) in [6, 6.07) is 4.18. The van der Waals surface area contributed by atoms with Gasteiger partial charge in [-0.25, -0.2) is 0 Å². The highest BCUT2D eigenvalue weighted by atomic mass is 32.2. The van der Waals surface area contributed by atoms with Gasteiger partial charge in [0.05, 0.1) is 4.20 Å². The number of phenols is 1. The van der Waals surface area contributed by atoms with Crippen LogP contribution in [0.4, 0.5) is 0 Å². The maximum atomic E-state index is 10.4. The lowest BCUT2D eigenvalue weighted by Gasteiger charge is -2.27. The van der Waals surface area contributed by atoms with Gasteiger partial charge in [-0.3, -0.25) is 0 Å². The number of benzene rings is 1. The summed E-state index contributed by atoms with van der Waals surface area (Å²) in [4.78, 5) is 1.39. The second kappa shape index (κ2) is 8.49. The quantitative estimate of drug-likeness (QED) is 0.463. The van der Waals surface area contributed by atoms with Crippen LogP contribution in [-0.2, 0) is 10.8 Å². The molecule has 1 aliphatic heterocycles. The van der Waals surface area contributed by atoms with Crippen LogP contribution in [0.3, 0.4) is 0 Å². The Bertz CT molecular complexity index is 638. The molecule has 1 aliphatic rings. The van der Waals surface area contributed by atoms with Crippen molar-refractivity contribution in [1.82, 2.24) is 0 Å². The van der Waals surface area contributed by atoms with Gasteiger partial charge in [0.25, 0.3) is 0 Å². The van der Waals surface area contributed by atoms with Crippen molar-refractivity contribution in [1.29, 1.82) is 0 Å². The third-order valence-electron chi connectivity index (χ3n) is 4.17. The molecule has 0 saturated carbocycles. The fraction of sp³-hybridized carbons (Fsp3) is 0.571. The number of aromatic hydroxyl groups is 1. The fourth-order valence-corrected chi connectivity index (χ4v) is 5.23. The van der Waals surface area contributed by atoms with Crippen LogP contribution < -0.4 is 0 Å². The molecule has 0 aromatic heterocycles. The number of phenolic OH excluding ortho intramolecular Hbond substituents is 1. The number of hydrogen-bond acceptors (Lipinski definition) is 4. The Morgan fingerprint density at radius 3 is 1.64 bits per heavy atom. The zero-order chi connectivity index (χ0) is 19.6. The van der Waals surface area contributed by atoms with Gasteiger partial charge in [-0.2, -0.15) is 0 Å². The van der Waals surface area contributed by atoms with Crippen LogP contribution in [0.15, 0.2) is 22.6 Å². The average Bonchev–Trinajstić information content (AvgIpc) is 2.45. The zero-order valence-electron chi connectivity index (χ0n) is 17.0. The van der Waals surface area contributed by atoms with Gasteiger partial charge < -0.3 is 5.11 Å². The molecule has 1 aromatic carbocycles. The first-order valence-electron chi connectivity index (χ1n) is 8.57. The van der Waals surface area contributed by atoms with Gasteiger partial charge in [-0.05, 0) is 53.2 Å². The molecule has 2 rings (SSSR count). The maximum Gasteiger partial charge on any atom is 0.123 e. The monoisotopic (exact) mass is 396 g/mol. The van der Waals surface area contributed by atoms with Crippen molar-refractivity contribution in [2.45, 2.75) is 73.1 Å². The van der Waals surface area contributed by atoms with Crippen LogP contribution in [0.5, 0.6) is 5.75 Å². The minimum Gasteiger partial charge on any atom is -0.507 e. The Morgan fingerprint density at radius 1 is 0.880 bits per heavy atom. The van der Waals surface area contributed by atoms with Gasteiger partial charge >= 0.3 is 0 Å². The van der Waals surface area contributed by atoms with Gasteiger partial charge in [-0.15, -0.1) is 23.5 Å². The molecule has 25 heavy (non-hydrogen) atoms. The van der Waals surface area contributed by atoms with E-state index in [1.165, 1.54) is 16.0 Å². The highest BCUT2D eigenvalue weighted by Crippen LogP contribution is 2.39. The van der Waals surface area contributed by atoms with E-state index in [0.717, 1.165) is 20.4 Å². The number of aryl methyl sites for hydroxylation is 1. The molecule has 1 heterocycles. The van der Waals surface area contributed by atoms with E-state index >= 15 is 0 Å². The highest BCUT2D eigenvalue weighted by molar-refractivity contribution is 8.31. The first kappa shape index (κ1) is 22.6. The van der Waals surface area contributed by atoms with Gasteiger partial charge in [-0.1, -0.05) is 71.5 Å². The topological polar surface area (TPSA) is 20.2 Å². The molecule has 1 nitrogen and oxygen atoms in total. The second-order valence-electron chi connectivity index (χ2n) is 8.58. The summed E-state index contributed by atoms with van der Waals surface area (Å²) in [5.74, 6) is 0.464. The SMILES string of the molecule is CC1=C(C)C(=S)SCS1.Cc1cc(C(C)(C)C)c(O)c(C(C)(C)C)c1. The van der Waals surface area contributed by atoms with E-state index in [1.807, 2.05) is 11.8 Å². The van der Waals surface area contributed by atoms with Crippen molar-refractivity contribution in [3.05, 3.63) is 39.3 Å². The summed E-state index contributed by atoms with van der Waals surface area (Å²) in [5, 5.41) is 11.5. The molecule has 0 saturated heterocycles. The molecule has 1 aromatic rings. The molecule has 0 radical (unpaired) electrons. The highest BCUT2D eigenvalue weighted by Gasteiger charge is 2.25. The van der Waals surface area contributed by atoms with Crippen LogP contribution in [0.25, 0.3) is 0 Å². The number of rotatable bonds is 0. The van der Waals surface area contributed by atoms with Crippen LogP contribution in [0.2, 0.25) is 0 Å². The van der Waals surface area contributed by atoms with E-state index < -0.39 is 0 Å². The maximum absolute atomic E-state index is 10.4. The normalized spacial score (nSPS) is 15.8. The summed E-state index contributed by atoms with van der Waals surface area (Å²) < 4.78 is 1.08. The Hall–Kier alpha value is -0.450. The van der Waals surface area contributed by atoms with Crippen molar-refractivity contribution in [3.63, 3.8) is 0 Å². The molecule has 0 spiro atoms. The third-order valence-corrected chi connectivity index (χ3v) is 7.08. The molecule has 0 unspecified atom stereocenters. The van der Waals surface area contributed by atoms with Gasteiger partial charge in [0.15, 0.2) is 0 Å². The number of thiocarbonyl (C=S) groups is 1. The first-order valence-corrected chi connectivity index (χ1v) is 10.9. The van der Waals surface area contributed by atoms with E-state index in [2.05, 4.69) is 74.4 Å². The number of hydrogen-bond donors (Lipinski definition) is 1. The molecule has 0 fully saturated rings. The molecule has 0 aliphatic carbocycles. The fourth-order valence-electron chi connectivity index (χ4n) is 2.45. The Morgan fingerprint density at radius 2 is 1.32 bits per heavy atom.